The van der Waals surface area contributed by atoms with Crippen molar-refractivity contribution in [2.24, 2.45) is 5.92 Å². The number of rotatable bonds is 20. The molecule has 0 heterocycles. The van der Waals surface area contributed by atoms with Crippen LogP contribution in [0.25, 0.3) is 0 Å². The molecule has 2 rings (SSSR count). The van der Waals surface area contributed by atoms with Gasteiger partial charge in [-0.05, 0) is 75.1 Å². The molecule has 0 aliphatic heterocycles. The zero-order valence-electron chi connectivity index (χ0n) is 32.6. The summed E-state index contributed by atoms with van der Waals surface area (Å²) < 4.78 is 5.99. The third-order valence-corrected chi connectivity index (χ3v) is 7.02. The second kappa shape index (κ2) is 32.2. The summed E-state index contributed by atoms with van der Waals surface area (Å²) in [6.07, 6.45) is 10.3. The Kier molecular flexibility index (Phi) is 31.4. The van der Waals surface area contributed by atoms with Crippen molar-refractivity contribution in [2.45, 2.75) is 127 Å². The highest BCUT2D eigenvalue weighted by Crippen LogP contribution is 2.21. The van der Waals surface area contributed by atoms with E-state index in [4.69, 9.17) is 4.74 Å². The molecular weight excluding hydrogens is 596 g/mol. The molecule has 2 aromatic rings. The van der Waals surface area contributed by atoms with Gasteiger partial charge in [0, 0.05) is 31.4 Å². The van der Waals surface area contributed by atoms with E-state index in [9.17, 15) is 9.59 Å². The van der Waals surface area contributed by atoms with Gasteiger partial charge in [-0.15, -0.1) is 0 Å². The fourth-order valence-corrected chi connectivity index (χ4v) is 4.84. The largest absolute Gasteiger partial charge is 0.492 e. The van der Waals surface area contributed by atoms with E-state index in [2.05, 4.69) is 107 Å². The summed E-state index contributed by atoms with van der Waals surface area (Å²) in [6.45, 7) is 26.0. The summed E-state index contributed by atoms with van der Waals surface area (Å²) >= 11 is 0. The zero-order valence-corrected chi connectivity index (χ0v) is 32.6. The molecule has 7 nitrogen and oxygen atoms in total. The predicted octanol–water partition coefficient (Wildman–Crippen LogP) is 8.47. The second-order valence-electron chi connectivity index (χ2n) is 12.1. The average molecular weight is 669 g/mol. The van der Waals surface area contributed by atoms with Crippen LogP contribution in [0.2, 0.25) is 0 Å². The average Bonchev–Trinajstić information content (AvgIpc) is 3.06. The van der Waals surface area contributed by atoms with E-state index < -0.39 is 0 Å². The molecule has 0 saturated carbocycles. The molecule has 2 amide bonds. The third-order valence-electron chi connectivity index (χ3n) is 7.02. The van der Waals surface area contributed by atoms with Crippen molar-refractivity contribution >= 4 is 12.3 Å². The molecule has 0 radical (unpaired) electrons. The van der Waals surface area contributed by atoms with Crippen LogP contribution in [-0.2, 0) is 22.4 Å². The highest BCUT2D eigenvalue weighted by atomic mass is 16.5. The summed E-state index contributed by atoms with van der Waals surface area (Å²) in [6, 6.07) is 14.9. The quantitative estimate of drug-likeness (QED) is 0.0840. The SMILES string of the molecule is CC.CCC.CCC=C(CNCCOc1ccccc1CC(C)CNC=O)NCC(=O)NC(C)CCC.CCCc1ccc(C)cc1C. The normalized spacial score (nSPS) is 11.6. The van der Waals surface area contributed by atoms with Gasteiger partial charge in [0.15, 0.2) is 0 Å². The molecule has 0 saturated heterocycles. The fraction of sp³-hybridized carbons (Fsp3) is 0.610. The molecule has 4 N–H and O–H groups in total. The summed E-state index contributed by atoms with van der Waals surface area (Å²) in [5.74, 6) is 1.23. The predicted molar refractivity (Wildman–Crippen MR) is 208 cm³/mol. The zero-order chi connectivity index (χ0) is 36.6. The Morgan fingerprint density at radius 2 is 1.60 bits per heavy atom. The monoisotopic (exact) mass is 669 g/mol. The van der Waals surface area contributed by atoms with Crippen LogP contribution in [0.5, 0.6) is 5.75 Å². The van der Waals surface area contributed by atoms with Gasteiger partial charge in [0.2, 0.25) is 12.3 Å². The van der Waals surface area contributed by atoms with Gasteiger partial charge in [-0.2, -0.15) is 0 Å². The number of benzene rings is 2. The molecule has 274 valence electrons. The Balaban J connectivity index is 0. The highest BCUT2D eigenvalue weighted by Gasteiger charge is 2.09. The standard InChI is InChI=1S/C25H42N4O3.C11H16.C3H8.C2H6/c1-5-9-21(4)29-25(31)18-28-23(10-6-2)17-26-13-14-32-24-12-8-7-11-22(24)15-20(3)16-27-19-30;1-4-5-11-7-6-9(2)8-10(11)3;1-3-2;1-2/h7-8,10-12,19-21,26,28H,5-6,9,13-18H2,1-4H3,(H,27,30)(H,29,31);6-8H,4-5H2,1-3H3;3H2,1-2H3;1-2H3. The molecule has 0 bridgehead atoms. The first-order valence-electron chi connectivity index (χ1n) is 18.5. The Morgan fingerprint density at radius 1 is 0.917 bits per heavy atom. The summed E-state index contributed by atoms with van der Waals surface area (Å²) in [5, 5.41) is 12.4. The first-order chi connectivity index (χ1) is 23.1. The topological polar surface area (TPSA) is 91.5 Å². The molecule has 0 aliphatic carbocycles. The summed E-state index contributed by atoms with van der Waals surface area (Å²) in [4.78, 5) is 22.6. The Morgan fingerprint density at radius 3 is 2.21 bits per heavy atom. The fourth-order valence-electron chi connectivity index (χ4n) is 4.84. The molecule has 0 aliphatic rings. The van der Waals surface area contributed by atoms with Crippen LogP contribution < -0.4 is 26.0 Å². The minimum Gasteiger partial charge on any atom is -0.492 e. The maximum absolute atomic E-state index is 12.1. The summed E-state index contributed by atoms with van der Waals surface area (Å²) in [7, 11) is 0. The van der Waals surface area contributed by atoms with Gasteiger partial charge in [0.05, 0.1) is 6.54 Å². The van der Waals surface area contributed by atoms with Crippen LogP contribution in [0, 0.1) is 19.8 Å². The van der Waals surface area contributed by atoms with Gasteiger partial charge >= 0.3 is 0 Å². The van der Waals surface area contributed by atoms with Gasteiger partial charge in [0.1, 0.15) is 12.4 Å². The minimum atomic E-state index is 0.0189. The van der Waals surface area contributed by atoms with Crippen molar-refractivity contribution in [1.29, 1.82) is 0 Å². The Labute approximate surface area is 295 Å². The molecule has 2 atom stereocenters. The van der Waals surface area contributed by atoms with E-state index in [-0.39, 0.29) is 18.5 Å². The lowest BCUT2D eigenvalue weighted by Gasteiger charge is -2.16. The molecule has 2 aromatic carbocycles. The number of ether oxygens (including phenoxy) is 1. The van der Waals surface area contributed by atoms with Crippen LogP contribution in [0.1, 0.15) is 117 Å². The van der Waals surface area contributed by atoms with Crippen molar-refractivity contribution < 1.29 is 14.3 Å². The number of carbonyl (C=O) groups is 2. The molecule has 48 heavy (non-hydrogen) atoms. The number of nitrogens with one attached hydrogen (secondary N) is 4. The molecular formula is C41H72N4O3. The lowest BCUT2D eigenvalue weighted by Crippen LogP contribution is -2.40. The van der Waals surface area contributed by atoms with E-state index >= 15 is 0 Å². The van der Waals surface area contributed by atoms with Crippen molar-refractivity contribution in [3.63, 3.8) is 0 Å². The maximum atomic E-state index is 12.1. The number of para-hydroxylation sites is 1. The first-order valence-corrected chi connectivity index (χ1v) is 18.5. The van der Waals surface area contributed by atoms with Gasteiger partial charge in [-0.3, -0.25) is 9.59 Å². The van der Waals surface area contributed by atoms with Gasteiger partial charge in [0.25, 0.3) is 0 Å². The van der Waals surface area contributed by atoms with Crippen LogP contribution in [-0.4, -0.2) is 51.1 Å². The van der Waals surface area contributed by atoms with Crippen molar-refractivity contribution in [2.75, 3.05) is 32.8 Å². The van der Waals surface area contributed by atoms with E-state index in [1.54, 1.807) is 0 Å². The van der Waals surface area contributed by atoms with E-state index in [0.29, 0.717) is 32.2 Å². The number of hydrogen-bond acceptors (Lipinski definition) is 5. The lowest BCUT2D eigenvalue weighted by atomic mass is 10.0. The molecule has 0 spiro atoms. The van der Waals surface area contributed by atoms with Crippen molar-refractivity contribution in [3.8, 4) is 5.75 Å². The molecule has 0 aromatic heterocycles. The number of amides is 2. The number of allylic oxidation sites excluding steroid dienone is 1. The number of aryl methyl sites for hydroxylation is 3. The lowest BCUT2D eigenvalue weighted by molar-refractivity contribution is -0.120. The number of carbonyl (C=O) groups excluding carboxylic acids is 2. The van der Waals surface area contributed by atoms with Crippen LogP contribution >= 0.6 is 0 Å². The van der Waals surface area contributed by atoms with Crippen LogP contribution in [0.15, 0.2) is 54.2 Å². The van der Waals surface area contributed by atoms with Gasteiger partial charge in [-0.25, -0.2) is 0 Å². The van der Waals surface area contributed by atoms with Crippen LogP contribution in [0.4, 0.5) is 0 Å². The van der Waals surface area contributed by atoms with Gasteiger partial charge < -0.3 is 26.0 Å². The number of hydrogen-bond donors (Lipinski definition) is 4. The molecule has 2 unspecified atom stereocenters. The minimum absolute atomic E-state index is 0.0189. The maximum Gasteiger partial charge on any atom is 0.239 e. The van der Waals surface area contributed by atoms with E-state index in [1.807, 2.05) is 39.0 Å². The van der Waals surface area contributed by atoms with E-state index in [1.165, 1.54) is 36.0 Å². The smallest absolute Gasteiger partial charge is 0.239 e. The van der Waals surface area contributed by atoms with E-state index in [0.717, 1.165) is 49.1 Å². The highest BCUT2D eigenvalue weighted by molar-refractivity contribution is 5.78. The second-order valence-corrected chi connectivity index (χ2v) is 12.1. The Hall–Kier alpha value is -3.32. The molecule has 7 heteroatoms. The Bertz CT molecular complexity index is 1100. The molecule has 0 fully saturated rings. The first kappa shape index (κ1) is 46.8. The van der Waals surface area contributed by atoms with Crippen molar-refractivity contribution in [3.05, 3.63) is 76.5 Å². The van der Waals surface area contributed by atoms with Crippen molar-refractivity contribution in [1.82, 2.24) is 21.3 Å². The third kappa shape index (κ3) is 24.8. The van der Waals surface area contributed by atoms with Gasteiger partial charge in [-0.1, -0.05) is 123 Å². The van der Waals surface area contributed by atoms with Crippen LogP contribution in [0.3, 0.4) is 0 Å². The summed E-state index contributed by atoms with van der Waals surface area (Å²) in [5.41, 5.74) is 6.46.